The van der Waals surface area contributed by atoms with Crippen LogP contribution in [0.2, 0.25) is 0 Å². The van der Waals surface area contributed by atoms with Crippen LogP contribution in [-0.2, 0) is 0 Å². The lowest BCUT2D eigenvalue weighted by Crippen LogP contribution is -2.12. The highest BCUT2D eigenvalue weighted by Crippen LogP contribution is 2.21. The molecule has 0 spiro atoms. The molecule has 0 saturated carbocycles. The van der Waals surface area contributed by atoms with E-state index in [1.807, 2.05) is 47.1 Å². The lowest BCUT2D eigenvalue weighted by Gasteiger charge is -2.04. The fourth-order valence-corrected chi connectivity index (χ4v) is 2.83. The lowest BCUT2D eigenvalue weighted by atomic mass is 10.1. The molecule has 8 nitrogen and oxygen atoms in total. The van der Waals surface area contributed by atoms with Crippen LogP contribution in [0.1, 0.15) is 10.5 Å². The predicted molar refractivity (Wildman–Crippen MR) is 99.4 cm³/mol. The van der Waals surface area contributed by atoms with Gasteiger partial charge in [0, 0.05) is 48.4 Å². The molecule has 8 heteroatoms. The topological polar surface area (TPSA) is 89.5 Å². The zero-order valence-electron chi connectivity index (χ0n) is 14.0. The maximum absolute atomic E-state index is 12.4. The van der Waals surface area contributed by atoms with Gasteiger partial charge in [-0.1, -0.05) is 12.1 Å². The molecular formula is C19H13N7O. The molecule has 4 aromatic heterocycles. The molecule has 0 radical (unpaired) electrons. The molecule has 5 rings (SSSR count). The van der Waals surface area contributed by atoms with E-state index in [2.05, 4.69) is 25.3 Å². The van der Waals surface area contributed by atoms with Crippen molar-refractivity contribution in [2.45, 2.75) is 0 Å². The summed E-state index contributed by atoms with van der Waals surface area (Å²) < 4.78 is 3.57. The zero-order valence-corrected chi connectivity index (χ0v) is 14.0. The van der Waals surface area contributed by atoms with E-state index in [4.69, 9.17) is 0 Å². The van der Waals surface area contributed by atoms with Crippen LogP contribution < -0.4 is 5.32 Å². The molecule has 0 aliphatic rings. The molecule has 0 aliphatic carbocycles. The maximum Gasteiger partial charge on any atom is 0.275 e. The standard InChI is InChI=1S/C19H13N7O/c27-17(16-12-26-10-2-8-21-19(26)24-16)22-14-5-3-13(4-6-14)15-11-25-9-1-7-20-18(25)23-15/h1-12H,(H,22,27). The number of nitrogens with zero attached hydrogens (tertiary/aromatic N) is 6. The van der Waals surface area contributed by atoms with Gasteiger partial charge in [0.15, 0.2) is 0 Å². The number of aromatic nitrogens is 6. The Morgan fingerprint density at radius 2 is 1.52 bits per heavy atom. The van der Waals surface area contributed by atoms with Gasteiger partial charge < -0.3 is 5.32 Å². The van der Waals surface area contributed by atoms with Crippen molar-refractivity contribution < 1.29 is 4.79 Å². The molecule has 0 fully saturated rings. The molecule has 0 atom stereocenters. The minimum absolute atomic E-state index is 0.287. The molecule has 130 valence electrons. The maximum atomic E-state index is 12.4. The summed E-state index contributed by atoms with van der Waals surface area (Å²) in [5, 5.41) is 2.84. The summed E-state index contributed by atoms with van der Waals surface area (Å²) in [5.41, 5.74) is 2.74. The summed E-state index contributed by atoms with van der Waals surface area (Å²) in [6, 6.07) is 11.1. The number of benzene rings is 1. The summed E-state index contributed by atoms with van der Waals surface area (Å²) in [6.45, 7) is 0. The van der Waals surface area contributed by atoms with E-state index in [0.29, 0.717) is 22.9 Å². The van der Waals surface area contributed by atoms with Gasteiger partial charge in [-0.15, -0.1) is 0 Å². The van der Waals surface area contributed by atoms with Crippen LogP contribution in [0.15, 0.2) is 73.6 Å². The second-order valence-electron chi connectivity index (χ2n) is 5.94. The van der Waals surface area contributed by atoms with Crippen molar-refractivity contribution >= 4 is 23.1 Å². The highest BCUT2D eigenvalue weighted by Gasteiger charge is 2.12. The second kappa shape index (κ2) is 6.03. The molecule has 0 aliphatic heterocycles. The van der Waals surface area contributed by atoms with Crippen molar-refractivity contribution in [1.29, 1.82) is 0 Å². The van der Waals surface area contributed by atoms with Crippen molar-refractivity contribution in [2.24, 2.45) is 0 Å². The van der Waals surface area contributed by atoms with E-state index in [1.165, 1.54) is 0 Å². The fourth-order valence-electron chi connectivity index (χ4n) is 2.83. The Morgan fingerprint density at radius 1 is 0.852 bits per heavy atom. The van der Waals surface area contributed by atoms with Crippen molar-refractivity contribution in [1.82, 2.24) is 28.7 Å². The van der Waals surface area contributed by atoms with E-state index in [-0.39, 0.29) is 5.91 Å². The first-order valence-corrected chi connectivity index (χ1v) is 8.27. The van der Waals surface area contributed by atoms with Gasteiger partial charge in [0.1, 0.15) is 5.69 Å². The number of amides is 1. The minimum Gasteiger partial charge on any atom is -0.321 e. The SMILES string of the molecule is O=C(Nc1ccc(-c2cn3cccnc3n2)cc1)c1cn2cccnc2n1. The Labute approximate surface area is 153 Å². The number of rotatable bonds is 3. The van der Waals surface area contributed by atoms with Gasteiger partial charge in [-0.2, -0.15) is 0 Å². The van der Waals surface area contributed by atoms with E-state index in [0.717, 1.165) is 11.3 Å². The number of carbonyl (C=O) groups is 1. The Balaban J connectivity index is 1.37. The number of fused-ring (bicyclic) bond motifs is 2. The van der Waals surface area contributed by atoms with Crippen LogP contribution in [0, 0.1) is 0 Å². The average molecular weight is 355 g/mol. The summed E-state index contributed by atoms with van der Waals surface area (Å²) in [5.74, 6) is 0.842. The van der Waals surface area contributed by atoms with E-state index >= 15 is 0 Å². The third kappa shape index (κ3) is 2.78. The molecule has 1 aromatic carbocycles. The van der Waals surface area contributed by atoms with Gasteiger partial charge in [0.2, 0.25) is 11.6 Å². The van der Waals surface area contributed by atoms with E-state index in [9.17, 15) is 4.79 Å². The quantitative estimate of drug-likeness (QED) is 0.537. The molecular weight excluding hydrogens is 342 g/mol. The number of hydrogen-bond acceptors (Lipinski definition) is 5. The lowest BCUT2D eigenvalue weighted by molar-refractivity contribution is 0.102. The highest BCUT2D eigenvalue weighted by molar-refractivity contribution is 6.03. The van der Waals surface area contributed by atoms with Gasteiger partial charge in [-0.25, -0.2) is 19.9 Å². The molecule has 1 N–H and O–H groups in total. The molecule has 0 bridgehead atoms. The van der Waals surface area contributed by atoms with Crippen molar-refractivity contribution in [2.75, 3.05) is 5.32 Å². The van der Waals surface area contributed by atoms with Gasteiger partial charge in [0.05, 0.1) is 5.69 Å². The Bertz CT molecular complexity index is 1200. The third-order valence-corrected chi connectivity index (χ3v) is 4.14. The summed E-state index contributed by atoms with van der Waals surface area (Å²) in [7, 11) is 0. The van der Waals surface area contributed by atoms with Gasteiger partial charge in [0.25, 0.3) is 5.91 Å². The summed E-state index contributed by atoms with van der Waals surface area (Å²) >= 11 is 0. The van der Waals surface area contributed by atoms with Crippen LogP contribution in [0.4, 0.5) is 5.69 Å². The summed E-state index contributed by atoms with van der Waals surface area (Å²) in [6.07, 6.45) is 10.6. The summed E-state index contributed by atoms with van der Waals surface area (Å²) in [4.78, 5) is 29.5. The molecule has 27 heavy (non-hydrogen) atoms. The third-order valence-electron chi connectivity index (χ3n) is 4.14. The first kappa shape index (κ1) is 15.2. The molecule has 0 saturated heterocycles. The Kier molecular flexibility index (Phi) is 3.39. The minimum atomic E-state index is -0.287. The Hall–Kier alpha value is -4.07. The van der Waals surface area contributed by atoms with Crippen molar-refractivity contribution in [3.63, 3.8) is 0 Å². The Morgan fingerprint density at radius 3 is 2.19 bits per heavy atom. The molecule has 5 aromatic rings. The van der Waals surface area contributed by atoms with Crippen LogP contribution in [0.25, 0.3) is 22.8 Å². The normalized spacial score (nSPS) is 11.1. The molecule has 0 unspecified atom stereocenters. The van der Waals surface area contributed by atoms with Crippen LogP contribution in [-0.4, -0.2) is 34.6 Å². The first-order chi connectivity index (χ1) is 13.3. The van der Waals surface area contributed by atoms with Crippen LogP contribution in [0.5, 0.6) is 0 Å². The fraction of sp³-hybridized carbons (Fsp3) is 0. The van der Waals surface area contributed by atoms with Gasteiger partial charge >= 0.3 is 0 Å². The smallest absolute Gasteiger partial charge is 0.275 e. The first-order valence-electron chi connectivity index (χ1n) is 8.27. The number of hydrogen-bond donors (Lipinski definition) is 1. The number of anilines is 1. The largest absolute Gasteiger partial charge is 0.321 e. The number of carbonyl (C=O) groups excluding carboxylic acids is 1. The van der Waals surface area contributed by atoms with Crippen molar-refractivity contribution in [3.8, 4) is 11.3 Å². The zero-order chi connectivity index (χ0) is 18.2. The monoisotopic (exact) mass is 355 g/mol. The second-order valence-corrected chi connectivity index (χ2v) is 5.94. The predicted octanol–water partition coefficient (Wildman–Crippen LogP) is 2.69. The highest BCUT2D eigenvalue weighted by atomic mass is 16.1. The molecule has 1 amide bonds. The van der Waals surface area contributed by atoms with E-state index in [1.54, 1.807) is 35.3 Å². The van der Waals surface area contributed by atoms with E-state index < -0.39 is 0 Å². The number of imidazole rings is 2. The van der Waals surface area contributed by atoms with Gasteiger partial charge in [-0.05, 0) is 24.3 Å². The average Bonchev–Trinajstić information content (AvgIpc) is 3.32. The van der Waals surface area contributed by atoms with Crippen LogP contribution >= 0.6 is 0 Å². The van der Waals surface area contributed by atoms with Gasteiger partial charge in [-0.3, -0.25) is 13.6 Å². The van der Waals surface area contributed by atoms with Crippen molar-refractivity contribution in [3.05, 3.63) is 79.3 Å². The molecule has 4 heterocycles. The number of nitrogens with one attached hydrogen (secondary N) is 1. The van der Waals surface area contributed by atoms with Crippen LogP contribution in [0.3, 0.4) is 0 Å².